The summed E-state index contributed by atoms with van der Waals surface area (Å²) in [6, 6.07) is 19.1. The maximum absolute atomic E-state index is 13.3. The number of hydrazone groups is 1. The first kappa shape index (κ1) is 26.3. The van der Waals surface area contributed by atoms with Crippen LogP contribution in [0, 0.1) is 0 Å². The van der Waals surface area contributed by atoms with Crippen molar-refractivity contribution in [3.8, 4) is 11.5 Å². The highest BCUT2D eigenvalue weighted by atomic mass is 79.9. The molecule has 10 heteroatoms. The number of carbonyl (C=O) groups is 1. The van der Waals surface area contributed by atoms with E-state index in [1.54, 1.807) is 17.2 Å². The van der Waals surface area contributed by atoms with Gasteiger partial charge in [-0.25, -0.2) is 5.01 Å². The van der Waals surface area contributed by atoms with Crippen molar-refractivity contribution in [3.63, 3.8) is 0 Å². The molecule has 0 saturated carbocycles. The lowest BCUT2D eigenvalue weighted by molar-refractivity contribution is -0.116. The highest BCUT2D eigenvalue weighted by Gasteiger charge is 2.35. The molecule has 1 amide bonds. The van der Waals surface area contributed by atoms with Crippen LogP contribution in [0.2, 0.25) is 5.02 Å². The van der Waals surface area contributed by atoms with E-state index in [-0.39, 0.29) is 5.91 Å². The van der Waals surface area contributed by atoms with Crippen LogP contribution in [0.5, 0.6) is 11.5 Å². The third kappa shape index (κ3) is 5.45. The molecule has 5 rings (SSSR count). The molecule has 0 aromatic heterocycles. The highest BCUT2D eigenvalue weighted by Crippen LogP contribution is 2.41. The van der Waals surface area contributed by atoms with Crippen molar-refractivity contribution in [2.24, 2.45) is 10.1 Å². The van der Waals surface area contributed by atoms with Gasteiger partial charge in [0.1, 0.15) is 12.3 Å². The van der Waals surface area contributed by atoms with Crippen LogP contribution < -0.4 is 25.4 Å². The predicted octanol–water partition coefficient (Wildman–Crippen LogP) is 5.14. The number of nitrogens with zero attached hydrogens (tertiary/aromatic N) is 3. The average Bonchev–Trinajstić information content (AvgIpc) is 2.91. The molecule has 2 heterocycles. The molecule has 1 atom stereocenters. The number of thioether (sulfide) groups is 1. The van der Waals surface area contributed by atoms with Gasteiger partial charge in [-0.2, -0.15) is 0 Å². The molecule has 0 fully saturated rings. The zero-order valence-corrected chi connectivity index (χ0v) is 23.6. The fraction of sp³-hybridized carbons (Fsp3) is 0.179. The molecule has 2 aliphatic rings. The summed E-state index contributed by atoms with van der Waals surface area (Å²) in [7, 11) is 0. The summed E-state index contributed by atoms with van der Waals surface area (Å²) in [4.78, 5) is 18.3. The Morgan fingerprint density at radius 1 is 1.18 bits per heavy atom. The molecule has 194 valence electrons. The van der Waals surface area contributed by atoms with Gasteiger partial charge in [0.2, 0.25) is 0 Å². The number of fused-ring (bicyclic) bond motifs is 2. The minimum absolute atomic E-state index is 0.259. The number of amides is 1. The molecule has 0 saturated heterocycles. The lowest BCUT2D eigenvalue weighted by Crippen LogP contribution is -2.50. The third-order valence-corrected chi connectivity index (χ3v) is 7.40. The van der Waals surface area contributed by atoms with Gasteiger partial charge >= 0.3 is 0 Å². The minimum Gasteiger partial charge on any atom is -0.490 e. The molecular weight excluding hydrogens is 588 g/mol. The third-order valence-electron chi connectivity index (χ3n) is 5.76. The molecule has 0 bridgehead atoms. The normalized spacial score (nSPS) is 16.0. The molecule has 1 N–H and O–H groups in total. The summed E-state index contributed by atoms with van der Waals surface area (Å²) in [5, 5.41) is 11.5. The summed E-state index contributed by atoms with van der Waals surface area (Å²) in [6.07, 6.45) is 1.11. The molecule has 7 nitrogen and oxygen atoms in total. The molecule has 0 radical (unpaired) electrons. The van der Waals surface area contributed by atoms with Gasteiger partial charge in [0.05, 0.1) is 17.0 Å². The quantitative estimate of drug-likeness (QED) is 0.357. The van der Waals surface area contributed by atoms with Crippen molar-refractivity contribution in [3.05, 3.63) is 105 Å². The number of amidine groups is 1. The first-order valence-corrected chi connectivity index (χ1v) is 14.1. The number of ether oxygens (including phenoxy) is 2. The molecule has 3 aromatic carbocycles. The first-order valence-electron chi connectivity index (χ1n) is 11.9. The highest BCUT2D eigenvalue weighted by molar-refractivity contribution is 9.10. The zero-order valence-electron chi connectivity index (χ0n) is 20.5. The van der Waals surface area contributed by atoms with Crippen LogP contribution in [0.3, 0.4) is 0 Å². The number of halogens is 2. The molecule has 38 heavy (non-hydrogen) atoms. The van der Waals surface area contributed by atoms with Crippen LogP contribution in [0.15, 0.2) is 87.9 Å². The predicted molar refractivity (Wildman–Crippen MR) is 155 cm³/mol. The number of carbonyl (C=O) groups excluding carboxylic acids is 1. The average molecular weight is 612 g/mol. The Hall–Kier alpha value is -3.27. The minimum atomic E-state index is -0.649. The summed E-state index contributed by atoms with van der Waals surface area (Å²) >= 11 is 11.7. The number of benzene rings is 3. The summed E-state index contributed by atoms with van der Waals surface area (Å²) in [5.41, 5.74) is 2.13. The lowest BCUT2D eigenvalue weighted by Gasteiger charge is -2.34. The van der Waals surface area contributed by atoms with E-state index in [9.17, 15) is 4.79 Å². The molecule has 3 aromatic rings. The monoisotopic (exact) mass is 610 g/mol. The Morgan fingerprint density at radius 2 is 2.00 bits per heavy atom. The van der Waals surface area contributed by atoms with E-state index in [1.165, 1.54) is 11.8 Å². The summed E-state index contributed by atoms with van der Waals surface area (Å²) in [5.74, 6) is 1.29. The van der Waals surface area contributed by atoms with Gasteiger partial charge in [0, 0.05) is 21.0 Å². The van der Waals surface area contributed by atoms with Crippen molar-refractivity contribution in [1.29, 1.82) is 0 Å². The zero-order chi connectivity index (χ0) is 26.6. The van der Waals surface area contributed by atoms with Crippen molar-refractivity contribution in [2.75, 3.05) is 12.4 Å². The largest absolute Gasteiger partial charge is 0.490 e. The van der Waals surface area contributed by atoms with Gasteiger partial charge in [-0.05, 0) is 42.8 Å². The Balaban J connectivity index is 1.60. The van der Waals surface area contributed by atoms with Gasteiger partial charge in [-0.15, -0.1) is 11.7 Å². The fourth-order valence-electron chi connectivity index (χ4n) is 4.14. The second-order valence-corrected chi connectivity index (χ2v) is 10.7. The van der Waals surface area contributed by atoms with Gasteiger partial charge in [0.25, 0.3) is 5.91 Å². The Bertz CT molecular complexity index is 1550. The van der Waals surface area contributed by atoms with Crippen molar-refractivity contribution in [1.82, 2.24) is 10.3 Å². The van der Waals surface area contributed by atoms with Gasteiger partial charge in [-0.3, -0.25) is 15.1 Å². The molecular formula is C28H24BrClN4O3S. The van der Waals surface area contributed by atoms with Crippen molar-refractivity contribution < 1.29 is 14.3 Å². The Kier molecular flexibility index (Phi) is 8.06. The molecule has 0 spiro atoms. The van der Waals surface area contributed by atoms with E-state index >= 15 is 0 Å². The second-order valence-electron chi connectivity index (χ2n) is 8.35. The SMILES string of the molecule is C=CCSC1=NN2C(=c3cc(Br)ccc3=N[C@@H]2c2cc(Cl)c(OCc3ccccc3)c(OCC)c2)C(=O)N1. The second kappa shape index (κ2) is 11.6. The van der Waals surface area contributed by atoms with E-state index in [1.807, 2.05) is 61.5 Å². The Morgan fingerprint density at radius 3 is 2.76 bits per heavy atom. The van der Waals surface area contributed by atoms with E-state index in [0.717, 1.165) is 10.0 Å². The fourth-order valence-corrected chi connectivity index (χ4v) is 5.36. The van der Waals surface area contributed by atoms with Crippen LogP contribution in [0.4, 0.5) is 0 Å². The molecule has 2 aliphatic heterocycles. The smallest absolute Gasteiger partial charge is 0.276 e. The van der Waals surface area contributed by atoms with Crippen LogP contribution in [-0.4, -0.2) is 28.4 Å². The van der Waals surface area contributed by atoms with Gasteiger partial charge in [0.15, 0.2) is 22.8 Å². The maximum Gasteiger partial charge on any atom is 0.276 e. The maximum atomic E-state index is 13.3. The number of nitrogens with one attached hydrogen (secondary N) is 1. The van der Waals surface area contributed by atoms with Crippen molar-refractivity contribution >= 4 is 56.1 Å². The Labute approximate surface area is 238 Å². The van der Waals surface area contributed by atoms with Crippen LogP contribution >= 0.6 is 39.3 Å². The van der Waals surface area contributed by atoms with Crippen molar-refractivity contribution in [2.45, 2.75) is 19.7 Å². The number of hydrogen-bond donors (Lipinski definition) is 1. The number of hydrogen-bond acceptors (Lipinski definition) is 7. The van der Waals surface area contributed by atoms with Crippen LogP contribution in [0.25, 0.3) is 5.70 Å². The van der Waals surface area contributed by atoms with E-state index in [4.69, 9.17) is 31.2 Å². The van der Waals surface area contributed by atoms with E-state index in [0.29, 0.717) is 62.5 Å². The standard InChI is InChI=1S/C28H24BrClN4O3S/c1-3-12-38-28-32-27(35)24-20-15-19(29)10-11-22(20)31-26(34(24)33-28)18-13-21(30)25(23(14-18)36-4-2)37-16-17-8-6-5-7-9-17/h3,5-11,13-15,26H,1,4,12,16H2,2H3,(H,32,33,35)/t26-/m0/s1. The first-order chi connectivity index (χ1) is 18.5. The summed E-state index contributed by atoms with van der Waals surface area (Å²) < 4.78 is 12.9. The van der Waals surface area contributed by atoms with Gasteiger partial charge < -0.3 is 9.47 Å². The molecule has 0 aliphatic carbocycles. The van der Waals surface area contributed by atoms with Crippen LogP contribution in [0.1, 0.15) is 24.2 Å². The summed E-state index contributed by atoms with van der Waals surface area (Å²) in [6.45, 7) is 6.42. The van der Waals surface area contributed by atoms with Gasteiger partial charge in [-0.1, -0.05) is 75.7 Å². The molecule has 0 unspecified atom stereocenters. The van der Waals surface area contributed by atoms with Crippen LogP contribution in [-0.2, 0) is 11.4 Å². The van der Waals surface area contributed by atoms with E-state index in [2.05, 4.69) is 27.8 Å². The lowest BCUT2D eigenvalue weighted by atomic mass is 10.1. The topological polar surface area (TPSA) is 75.5 Å². The van der Waals surface area contributed by atoms with E-state index < -0.39 is 6.17 Å². The number of rotatable bonds is 8.